The van der Waals surface area contributed by atoms with Gasteiger partial charge in [0.2, 0.25) is 10.0 Å². The maximum absolute atomic E-state index is 11.2. The smallest absolute Gasteiger partial charge is 0.212 e. The molecule has 0 aromatic rings. The van der Waals surface area contributed by atoms with Crippen molar-refractivity contribution in [2.75, 3.05) is 13.3 Å². The fourth-order valence-electron chi connectivity index (χ4n) is 1.41. The molecular weight excluding hydrogens is 188 g/mol. The molecule has 1 fully saturated rings. The molecule has 1 atom stereocenters. The summed E-state index contributed by atoms with van der Waals surface area (Å²) in [4.78, 5) is 0. The standard InChI is InChI=1S/C8H14N2O2S/c1-8(6-9,7-4-5-7)10(2)13(3,11)12/h7H,4-5H2,1-3H3. The molecule has 13 heavy (non-hydrogen) atoms. The maximum Gasteiger partial charge on any atom is 0.212 e. The lowest BCUT2D eigenvalue weighted by molar-refractivity contribution is 0.278. The van der Waals surface area contributed by atoms with Gasteiger partial charge in [-0.2, -0.15) is 9.57 Å². The lowest BCUT2D eigenvalue weighted by atomic mass is 9.99. The quantitative estimate of drug-likeness (QED) is 0.672. The average Bonchev–Trinajstić information content (AvgIpc) is 2.82. The molecule has 0 aliphatic heterocycles. The van der Waals surface area contributed by atoms with Crippen molar-refractivity contribution in [2.24, 2.45) is 5.92 Å². The molecule has 0 radical (unpaired) electrons. The second kappa shape index (κ2) is 2.96. The Morgan fingerprint density at radius 3 is 2.23 bits per heavy atom. The van der Waals surface area contributed by atoms with Gasteiger partial charge >= 0.3 is 0 Å². The summed E-state index contributed by atoms with van der Waals surface area (Å²) in [6, 6.07) is 2.09. The molecule has 5 heteroatoms. The molecule has 0 amide bonds. The van der Waals surface area contributed by atoms with Crippen LogP contribution in [0.2, 0.25) is 0 Å². The number of nitriles is 1. The van der Waals surface area contributed by atoms with Crippen LogP contribution < -0.4 is 0 Å². The van der Waals surface area contributed by atoms with Crippen molar-refractivity contribution in [3.8, 4) is 6.07 Å². The van der Waals surface area contributed by atoms with Gasteiger partial charge in [0.05, 0.1) is 12.3 Å². The first-order valence-corrected chi connectivity index (χ1v) is 6.02. The Morgan fingerprint density at radius 2 is 2.00 bits per heavy atom. The lowest BCUT2D eigenvalue weighted by Crippen LogP contribution is -2.47. The predicted octanol–water partition coefficient (Wildman–Crippen LogP) is 0.570. The highest BCUT2D eigenvalue weighted by molar-refractivity contribution is 7.88. The van der Waals surface area contributed by atoms with Gasteiger partial charge in [0.15, 0.2) is 0 Å². The van der Waals surface area contributed by atoms with Gasteiger partial charge in [0, 0.05) is 7.05 Å². The fourth-order valence-corrected chi connectivity index (χ4v) is 2.29. The Balaban J connectivity index is 2.97. The second-order valence-electron chi connectivity index (χ2n) is 3.76. The molecule has 1 aliphatic rings. The number of nitrogens with zero attached hydrogens (tertiary/aromatic N) is 2. The topological polar surface area (TPSA) is 61.2 Å². The molecule has 0 spiro atoms. The molecule has 1 aliphatic carbocycles. The number of sulfonamides is 1. The zero-order chi connectivity index (χ0) is 10.3. The Morgan fingerprint density at radius 1 is 1.54 bits per heavy atom. The van der Waals surface area contributed by atoms with Crippen LogP contribution in [0.5, 0.6) is 0 Å². The maximum atomic E-state index is 11.2. The first-order chi connectivity index (χ1) is 5.82. The van der Waals surface area contributed by atoms with Crippen molar-refractivity contribution in [3.05, 3.63) is 0 Å². The van der Waals surface area contributed by atoms with Gasteiger partial charge in [0.1, 0.15) is 5.54 Å². The van der Waals surface area contributed by atoms with Crippen LogP contribution in [0.3, 0.4) is 0 Å². The van der Waals surface area contributed by atoms with Crippen molar-refractivity contribution < 1.29 is 8.42 Å². The largest absolute Gasteiger partial charge is 0.212 e. The highest BCUT2D eigenvalue weighted by atomic mass is 32.2. The molecule has 0 bridgehead atoms. The molecule has 4 nitrogen and oxygen atoms in total. The summed E-state index contributed by atoms with van der Waals surface area (Å²) in [6.45, 7) is 1.69. The zero-order valence-corrected chi connectivity index (χ0v) is 8.93. The third kappa shape index (κ3) is 1.84. The van der Waals surface area contributed by atoms with E-state index in [9.17, 15) is 8.42 Å². The van der Waals surface area contributed by atoms with Crippen LogP contribution in [0.15, 0.2) is 0 Å². The minimum Gasteiger partial charge on any atom is -0.212 e. The Kier molecular flexibility index (Phi) is 2.39. The van der Waals surface area contributed by atoms with Gasteiger partial charge in [-0.05, 0) is 25.7 Å². The van der Waals surface area contributed by atoms with Gasteiger partial charge in [-0.15, -0.1) is 0 Å². The van der Waals surface area contributed by atoms with E-state index in [0.29, 0.717) is 0 Å². The Bertz CT molecular complexity index is 340. The van der Waals surface area contributed by atoms with E-state index in [-0.39, 0.29) is 5.92 Å². The molecule has 1 unspecified atom stereocenters. The first kappa shape index (κ1) is 10.5. The molecule has 0 saturated heterocycles. The molecule has 0 heterocycles. The fraction of sp³-hybridized carbons (Fsp3) is 0.875. The zero-order valence-electron chi connectivity index (χ0n) is 8.11. The van der Waals surface area contributed by atoms with Gasteiger partial charge in [-0.1, -0.05) is 0 Å². The number of rotatable bonds is 3. The van der Waals surface area contributed by atoms with E-state index in [0.717, 1.165) is 19.1 Å². The Hall–Kier alpha value is -0.600. The SMILES string of the molecule is CN(C(C)(C#N)C1CC1)S(C)(=O)=O. The summed E-state index contributed by atoms with van der Waals surface area (Å²) in [5.41, 5.74) is -0.854. The van der Waals surface area contributed by atoms with E-state index in [1.54, 1.807) is 6.92 Å². The average molecular weight is 202 g/mol. The van der Waals surface area contributed by atoms with E-state index in [1.807, 2.05) is 0 Å². The summed E-state index contributed by atoms with van der Waals surface area (Å²) in [5, 5.41) is 8.97. The minimum atomic E-state index is -3.27. The van der Waals surface area contributed by atoms with Crippen molar-refractivity contribution in [3.63, 3.8) is 0 Å². The van der Waals surface area contributed by atoms with Crippen molar-refractivity contribution >= 4 is 10.0 Å². The predicted molar refractivity (Wildman–Crippen MR) is 49.3 cm³/mol. The van der Waals surface area contributed by atoms with Gasteiger partial charge in [-0.25, -0.2) is 8.42 Å². The van der Waals surface area contributed by atoms with Crippen LogP contribution in [0, 0.1) is 17.2 Å². The van der Waals surface area contributed by atoms with E-state index in [2.05, 4.69) is 6.07 Å². The van der Waals surface area contributed by atoms with Crippen LogP contribution >= 0.6 is 0 Å². The number of hydrogen-bond acceptors (Lipinski definition) is 3. The van der Waals surface area contributed by atoms with Crippen molar-refractivity contribution in [1.29, 1.82) is 5.26 Å². The molecule has 1 saturated carbocycles. The Labute approximate surface area is 79.2 Å². The molecule has 74 valence electrons. The summed E-state index contributed by atoms with van der Waals surface area (Å²) in [6.07, 6.45) is 3.03. The molecular formula is C8H14N2O2S. The van der Waals surface area contributed by atoms with Gasteiger partial charge < -0.3 is 0 Å². The third-order valence-electron chi connectivity index (χ3n) is 2.75. The second-order valence-corrected chi connectivity index (χ2v) is 5.78. The third-order valence-corrected chi connectivity index (χ3v) is 4.12. The highest BCUT2D eigenvalue weighted by Crippen LogP contribution is 2.42. The van der Waals surface area contributed by atoms with Crippen molar-refractivity contribution in [2.45, 2.75) is 25.3 Å². The van der Waals surface area contributed by atoms with Crippen LogP contribution in [0.4, 0.5) is 0 Å². The highest BCUT2D eigenvalue weighted by Gasteiger charge is 2.47. The van der Waals surface area contributed by atoms with E-state index >= 15 is 0 Å². The van der Waals surface area contributed by atoms with E-state index < -0.39 is 15.6 Å². The molecule has 0 N–H and O–H groups in total. The molecule has 0 aromatic carbocycles. The normalized spacial score (nSPS) is 22.4. The van der Waals surface area contributed by atoms with Crippen molar-refractivity contribution in [1.82, 2.24) is 4.31 Å². The van der Waals surface area contributed by atoms with E-state index in [4.69, 9.17) is 5.26 Å². The minimum absolute atomic E-state index is 0.206. The summed E-state index contributed by atoms with van der Waals surface area (Å²) >= 11 is 0. The summed E-state index contributed by atoms with van der Waals surface area (Å²) in [5.74, 6) is 0.206. The van der Waals surface area contributed by atoms with Crippen LogP contribution in [-0.2, 0) is 10.0 Å². The molecule has 0 aromatic heterocycles. The summed E-state index contributed by atoms with van der Waals surface area (Å²) < 4.78 is 23.7. The summed E-state index contributed by atoms with van der Waals surface area (Å²) in [7, 11) is -1.80. The molecule has 1 rings (SSSR count). The first-order valence-electron chi connectivity index (χ1n) is 4.17. The number of hydrogen-bond donors (Lipinski definition) is 0. The van der Waals surface area contributed by atoms with E-state index in [1.165, 1.54) is 11.4 Å². The van der Waals surface area contributed by atoms with Crippen LogP contribution in [0.25, 0.3) is 0 Å². The lowest BCUT2D eigenvalue weighted by Gasteiger charge is -2.30. The van der Waals surface area contributed by atoms with Crippen LogP contribution in [-0.4, -0.2) is 31.6 Å². The van der Waals surface area contributed by atoms with Gasteiger partial charge in [0.25, 0.3) is 0 Å². The van der Waals surface area contributed by atoms with Crippen LogP contribution in [0.1, 0.15) is 19.8 Å². The monoisotopic (exact) mass is 202 g/mol. The van der Waals surface area contributed by atoms with Gasteiger partial charge in [-0.3, -0.25) is 0 Å².